The van der Waals surface area contributed by atoms with Gasteiger partial charge in [0.2, 0.25) is 5.91 Å². The molecule has 0 spiro atoms. The zero-order chi connectivity index (χ0) is 15.6. The van der Waals surface area contributed by atoms with Crippen LogP contribution in [0.25, 0.3) is 11.2 Å². The lowest BCUT2D eigenvalue weighted by atomic mass is 10.3. The summed E-state index contributed by atoms with van der Waals surface area (Å²) in [5, 5.41) is 2.63. The van der Waals surface area contributed by atoms with E-state index >= 15 is 0 Å². The maximum Gasteiger partial charge on any atom is 0.221 e. The van der Waals surface area contributed by atoms with Gasteiger partial charge in [0.05, 0.1) is 5.38 Å². The molecule has 2 heterocycles. The van der Waals surface area contributed by atoms with Gasteiger partial charge < -0.3 is 9.88 Å². The molecule has 0 saturated carbocycles. The summed E-state index contributed by atoms with van der Waals surface area (Å²) in [6.07, 6.45) is 2.09. The second-order valence-electron chi connectivity index (χ2n) is 5.21. The van der Waals surface area contributed by atoms with Crippen LogP contribution in [-0.4, -0.2) is 26.5 Å². The number of halogens is 2. The number of alkyl halides is 1. The van der Waals surface area contributed by atoms with Crippen LogP contribution in [0.5, 0.6) is 0 Å². The molecule has 1 atom stereocenters. The number of imidazole rings is 1. The number of aromatic nitrogens is 3. The van der Waals surface area contributed by atoms with Crippen molar-refractivity contribution >= 4 is 44.6 Å². The van der Waals surface area contributed by atoms with Gasteiger partial charge in [-0.05, 0) is 42.8 Å². The normalized spacial score (nSPS) is 12.9. The second kappa shape index (κ2) is 6.75. The number of pyridine rings is 1. The Morgan fingerprint density at radius 3 is 2.81 bits per heavy atom. The van der Waals surface area contributed by atoms with Gasteiger partial charge in [-0.3, -0.25) is 4.79 Å². The molecule has 1 amide bonds. The fourth-order valence-electron chi connectivity index (χ4n) is 2.14. The highest BCUT2D eigenvalue weighted by Crippen LogP contribution is 2.25. The number of hydrogen-bond donors (Lipinski definition) is 1. The maximum atomic E-state index is 11.8. The van der Waals surface area contributed by atoms with Crippen LogP contribution in [0.1, 0.15) is 38.4 Å². The highest BCUT2D eigenvalue weighted by molar-refractivity contribution is 9.10. The lowest BCUT2D eigenvalue weighted by molar-refractivity contribution is -0.121. The minimum atomic E-state index is -0.244. The van der Waals surface area contributed by atoms with E-state index in [1.807, 2.05) is 31.4 Å². The standard InChI is InChI=1S/C14H18BrClN4O/c1-8(2)18-12(21)4-5-20-13(9(3)16)19-11-6-10(15)7-17-14(11)20/h6-9H,4-5H2,1-3H3,(H,18,21). The van der Waals surface area contributed by atoms with Crippen LogP contribution < -0.4 is 5.32 Å². The second-order valence-corrected chi connectivity index (χ2v) is 6.78. The van der Waals surface area contributed by atoms with Crippen LogP contribution in [0.4, 0.5) is 0 Å². The predicted octanol–water partition coefficient (Wildman–Crippen LogP) is 3.41. The Hall–Kier alpha value is -1.14. The van der Waals surface area contributed by atoms with E-state index in [0.29, 0.717) is 13.0 Å². The fraction of sp³-hybridized carbons (Fsp3) is 0.500. The summed E-state index contributed by atoms with van der Waals surface area (Å²) in [6.45, 7) is 6.25. The molecule has 0 fully saturated rings. The Morgan fingerprint density at radius 2 is 2.19 bits per heavy atom. The molecule has 1 N–H and O–H groups in total. The van der Waals surface area contributed by atoms with Crippen LogP contribution in [0, 0.1) is 0 Å². The number of carbonyl (C=O) groups excluding carboxylic acids is 1. The van der Waals surface area contributed by atoms with Crippen LogP contribution in [0.2, 0.25) is 0 Å². The SMILES string of the molecule is CC(C)NC(=O)CCn1c(C(C)Cl)nc2cc(Br)cnc21. The Bertz CT molecular complexity index is 654. The molecule has 5 nitrogen and oxygen atoms in total. The minimum Gasteiger partial charge on any atom is -0.354 e. The van der Waals surface area contributed by atoms with E-state index in [4.69, 9.17) is 11.6 Å². The molecule has 0 saturated heterocycles. The monoisotopic (exact) mass is 372 g/mol. The van der Waals surface area contributed by atoms with Gasteiger partial charge in [-0.1, -0.05) is 0 Å². The molecule has 2 aromatic rings. The molecule has 0 aromatic carbocycles. The number of carbonyl (C=O) groups is 1. The van der Waals surface area contributed by atoms with Crippen molar-refractivity contribution in [3.63, 3.8) is 0 Å². The number of fused-ring (bicyclic) bond motifs is 1. The minimum absolute atomic E-state index is 0.0112. The summed E-state index contributed by atoms with van der Waals surface area (Å²) < 4.78 is 2.78. The van der Waals surface area contributed by atoms with E-state index in [9.17, 15) is 4.79 Å². The van der Waals surface area contributed by atoms with Gasteiger partial charge in [0.1, 0.15) is 11.3 Å². The lowest BCUT2D eigenvalue weighted by Gasteiger charge is -2.11. The third-order valence-corrected chi connectivity index (χ3v) is 3.58. The van der Waals surface area contributed by atoms with Crippen molar-refractivity contribution in [2.75, 3.05) is 0 Å². The van der Waals surface area contributed by atoms with Crippen molar-refractivity contribution in [1.29, 1.82) is 0 Å². The summed E-state index contributed by atoms with van der Waals surface area (Å²) in [5.74, 6) is 0.742. The highest BCUT2D eigenvalue weighted by atomic mass is 79.9. The van der Waals surface area contributed by atoms with Crippen LogP contribution >= 0.6 is 27.5 Å². The first-order valence-electron chi connectivity index (χ1n) is 6.83. The number of aryl methyl sites for hydroxylation is 1. The zero-order valence-corrected chi connectivity index (χ0v) is 14.6. The van der Waals surface area contributed by atoms with Crippen LogP contribution in [-0.2, 0) is 11.3 Å². The lowest BCUT2D eigenvalue weighted by Crippen LogP contribution is -2.30. The zero-order valence-electron chi connectivity index (χ0n) is 12.2. The number of nitrogens with zero attached hydrogens (tertiary/aromatic N) is 3. The third-order valence-electron chi connectivity index (χ3n) is 2.95. The molecule has 7 heteroatoms. The van der Waals surface area contributed by atoms with Crippen LogP contribution in [0.3, 0.4) is 0 Å². The maximum absolute atomic E-state index is 11.8. The van der Waals surface area contributed by atoms with Crippen molar-refractivity contribution in [2.24, 2.45) is 0 Å². The number of rotatable bonds is 5. The molecule has 21 heavy (non-hydrogen) atoms. The van der Waals surface area contributed by atoms with Gasteiger partial charge in [0.25, 0.3) is 0 Å². The topological polar surface area (TPSA) is 59.8 Å². The van der Waals surface area contributed by atoms with Gasteiger partial charge >= 0.3 is 0 Å². The Balaban J connectivity index is 2.28. The molecule has 0 aliphatic carbocycles. The molecule has 0 radical (unpaired) electrons. The molecule has 114 valence electrons. The van der Waals surface area contributed by atoms with E-state index in [1.165, 1.54) is 0 Å². The largest absolute Gasteiger partial charge is 0.354 e. The average molecular weight is 374 g/mol. The van der Waals surface area contributed by atoms with E-state index in [0.717, 1.165) is 21.5 Å². The molecule has 0 aliphatic rings. The summed E-state index contributed by atoms with van der Waals surface area (Å²) in [6, 6.07) is 2.04. The molecular formula is C14H18BrClN4O. The Kier molecular flexibility index (Phi) is 5.22. The Morgan fingerprint density at radius 1 is 1.48 bits per heavy atom. The first-order valence-corrected chi connectivity index (χ1v) is 8.06. The van der Waals surface area contributed by atoms with Gasteiger partial charge in [-0.25, -0.2) is 9.97 Å². The molecule has 2 aromatic heterocycles. The average Bonchev–Trinajstić information content (AvgIpc) is 2.73. The summed E-state index contributed by atoms with van der Waals surface area (Å²) >= 11 is 9.58. The molecule has 0 aliphatic heterocycles. The fourth-order valence-corrected chi connectivity index (χ4v) is 2.62. The quantitative estimate of drug-likeness (QED) is 0.817. The third kappa shape index (κ3) is 3.95. The summed E-state index contributed by atoms with van der Waals surface area (Å²) in [4.78, 5) is 20.7. The van der Waals surface area contributed by atoms with Gasteiger partial charge in [0, 0.05) is 29.7 Å². The van der Waals surface area contributed by atoms with E-state index in [1.54, 1.807) is 6.20 Å². The highest BCUT2D eigenvalue weighted by Gasteiger charge is 2.17. The van der Waals surface area contributed by atoms with Crippen LogP contribution in [0.15, 0.2) is 16.7 Å². The predicted molar refractivity (Wildman–Crippen MR) is 87.4 cm³/mol. The summed E-state index contributed by atoms with van der Waals surface area (Å²) in [7, 11) is 0. The Labute approximate surface area is 137 Å². The first-order chi connectivity index (χ1) is 9.88. The van der Waals surface area contributed by atoms with Crippen molar-refractivity contribution in [2.45, 2.75) is 45.2 Å². The van der Waals surface area contributed by atoms with Crippen molar-refractivity contribution < 1.29 is 4.79 Å². The molecule has 0 bridgehead atoms. The van der Waals surface area contributed by atoms with Crippen molar-refractivity contribution in [3.05, 3.63) is 22.6 Å². The smallest absolute Gasteiger partial charge is 0.221 e. The van der Waals surface area contributed by atoms with Gasteiger partial charge in [0.15, 0.2) is 5.65 Å². The first kappa shape index (κ1) is 16.2. The van der Waals surface area contributed by atoms with Gasteiger partial charge in [-0.15, -0.1) is 11.6 Å². The molecular weight excluding hydrogens is 356 g/mol. The van der Waals surface area contributed by atoms with Crippen molar-refractivity contribution in [1.82, 2.24) is 19.9 Å². The van der Waals surface area contributed by atoms with Gasteiger partial charge in [-0.2, -0.15) is 0 Å². The van der Waals surface area contributed by atoms with E-state index in [-0.39, 0.29) is 17.3 Å². The molecule has 1 unspecified atom stereocenters. The number of amides is 1. The number of hydrogen-bond acceptors (Lipinski definition) is 3. The molecule has 2 rings (SSSR count). The summed E-state index contributed by atoms with van der Waals surface area (Å²) in [5.41, 5.74) is 1.52. The number of nitrogens with one attached hydrogen (secondary N) is 1. The van der Waals surface area contributed by atoms with E-state index in [2.05, 4.69) is 31.2 Å². The van der Waals surface area contributed by atoms with E-state index < -0.39 is 0 Å². The van der Waals surface area contributed by atoms with Crippen molar-refractivity contribution in [3.8, 4) is 0 Å².